The molecule has 0 unspecified atom stereocenters. The Hall–Kier alpha value is -3.04. The van der Waals surface area contributed by atoms with Crippen LogP contribution in [0.3, 0.4) is 0 Å². The molecule has 3 amide bonds. The van der Waals surface area contributed by atoms with Gasteiger partial charge in [0.1, 0.15) is 16.7 Å². The van der Waals surface area contributed by atoms with Crippen molar-refractivity contribution in [3.63, 3.8) is 0 Å². The van der Waals surface area contributed by atoms with Crippen molar-refractivity contribution in [1.82, 2.24) is 4.90 Å². The molecule has 1 N–H and O–H groups in total. The molecule has 9 heteroatoms. The number of benzene rings is 2. The highest BCUT2D eigenvalue weighted by Crippen LogP contribution is 2.44. The molecule has 6 nitrogen and oxygen atoms in total. The molecule has 2 aromatic carbocycles. The SMILES string of the molecule is CCCCN1C(=O)/C(=C2\C(=O)N(CC(=O)Nc3ccc(F)cc3)c3ccccc32)SC1=S. The Kier molecular flexibility index (Phi) is 6.38. The molecular weight excluding hydrogens is 449 g/mol. The van der Waals surface area contributed by atoms with Gasteiger partial charge in [-0.3, -0.25) is 24.2 Å². The van der Waals surface area contributed by atoms with Crippen LogP contribution in [-0.4, -0.2) is 40.0 Å². The maximum Gasteiger partial charge on any atom is 0.267 e. The summed E-state index contributed by atoms with van der Waals surface area (Å²) in [7, 11) is 0. The first-order chi connectivity index (χ1) is 15.4. The Balaban J connectivity index is 1.62. The van der Waals surface area contributed by atoms with Crippen molar-refractivity contribution in [3.05, 3.63) is 64.8 Å². The van der Waals surface area contributed by atoms with Gasteiger partial charge in [-0.25, -0.2) is 4.39 Å². The molecule has 0 atom stereocenters. The largest absolute Gasteiger partial charge is 0.325 e. The van der Waals surface area contributed by atoms with E-state index in [4.69, 9.17) is 12.2 Å². The summed E-state index contributed by atoms with van der Waals surface area (Å²) in [6, 6.07) is 12.4. The number of halogens is 1. The van der Waals surface area contributed by atoms with Gasteiger partial charge >= 0.3 is 0 Å². The first kappa shape index (κ1) is 22.2. The van der Waals surface area contributed by atoms with Gasteiger partial charge in [0.05, 0.1) is 16.2 Å². The number of carbonyl (C=O) groups is 3. The van der Waals surface area contributed by atoms with Crippen LogP contribution in [0.1, 0.15) is 25.3 Å². The van der Waals surface area contributed by atoms with Crippen LogP contribution in [0, 0.1) is 5.82 Å². The third-order valence-corrected chi connectivity index (χ3v) is 6.61. The molecule has 0 spiro atoms. The van der Waals surface area contributed by atoms with E-state index in [1.54, 1.807) is 24.3 Å². The fourth-order valence-corrected chi connectivity index (χ4v) is 4.97. The predicted octanol–water partition coefficient (Wildman–Crippen LogP) is 4.18. The number of thiocarbonyl (C=S) groups is 1. The van der Waals surface area contributed by atoms with Gasteiger partial charge in [-0.2, -0.15) is 0 Å². The predicted molar refractivity (Wildman–Crippen MR) is 128 cm³/mol. The maximum absolute atomic E-state index is 13.4. The smallest absolute Gasteiger partial charge is 0.267 e. The fraction of sp³-hybridized carbons (Fsp3) is 0.217. The van der Waals surface area contributed by atoms with E-state index < -0.39 is 17.6 Å². The molecule has 0 aromatic heterocycles. The normalized spacial score (nSPS) is 17.9. The monoisotopic (exact) mass is 469 g/mol. The van der Waals surface area contributed by atoms with Crippen LogP contribution in [0.15, 0.2) is 53.4 Å². The molecule has 2 aliphatic heterocycles. The van der Waals surface area contributed by atoms with Gasteiger partial charge in [-0.15, -0.1) is 0 Å². The summed E-state index contributed by atoms with van der Waals surface area (Å²) >= 11 is 6.51. The quantitative estimate of drug-likeness (QED) is 0.508. The second-order valence-electron chi connectivity index (χ2n) is 7.35. The number of rotatable bonds is 6. The molecule has 0 aliphatic carbocycles. The first-order valence-electron chi connectivity index (χ1n) is 10.1. The number of fused-ring (bicyclic) bond motifs is 1. The average Bonchev–Trinajstić information content (AvgIpc) is 3.20. The molecule has 32 heavy (non-hydrogen) atoms. The summed E-state index contributed by atoms with van der Waals surface area (Å²) < 4.78 is 13.5. The zero-order valence-corrected chi connectivity index (χ0v) is 18.9. The second-order valence-corrected chi connectivity index (χ2v) is 8.99. The lowest BCUT2D eigenvalue weighted by molar-refractivity contribution is -0.122. The topological polar surface area (TPSA) is 69.7 Å². The van der Waals surface area contributed by atoms with Crippen molar-refractivity contribution in [1.29, 1.82) is 0 Å². The van der Waals surface area contributed by atoms with Crippen LogP contribution in [0.4, 0.5) is 15.8 Å². The van der Waals surface area contributed by atoms with Gasteiger partial charge in [-0.05, 0) is 36.8 Å². The lowest BCUT2D eigenvalue weighted by Crippen LogP contribution is -2.35. The van der Waals surface area contributed by atoms with E-state index in [2.05, 4.69) is 5.32 Å². The fourth-order valence-electron chi connectivity index (χ4n) is 3.59. The Morgan fingerprint density at radius 2 is 1.78 bits per heavy atom. The van der Waals surface area contributed by atoms with Crippen LogP contribution >= 0.6 is 24.0 Å². The van der Waals surface area contributed by atoms with E-state index in [-0.39, 0.29) is 18.0 Å². The Bertz CT molecular complexity index is 1150. The highest BCUT2D eigenvalue weighted by Gasteiger charge is 2.42. The Morgan fingerprint density at radius 3 is 2.50 bits per heavy atom. The number of nitrogens with one attached hydrogen (secondary N) is 1. The molecule has 2 heterocycles. The molecule has 4 rings (SSSR count). The average molecular weight is 470 g/mol. The number of anilines is 2. The van der Waals surface area contributed by atoms with Gasteiger partial charge in [0.2, 0.25) is 5.91 Å². The summed E-state index contributed by atoms with van der Waals surface area (Å²) in [5.41, 5.74) is 1.85. The number of hydrogen-bond acceptors (Lipinski definition) is 5. The van der Waals surface area contributed by atoms with Gasteiger partial charge in [0.15, 0.2) is 0 Å². The van der Waals surface area contributed by atoms with Crippen molar-refractivity contribution in [3.8, 4) is 0 Å². The number of unbranched alkanes of at least 4 members (excludes halogenated alkanes) is 1. The number of nitrogens with zero attached hydrogens (tertiary/aromatic N) is 2. The van der Waals surface area contributed by atoms with E-state index in [1.165, 1.54) is 34.1 Å². The lowest BCUT2D eigenvalue weighted by Gasteiger charge is -2.16. The van der Waals surface area contributed by atoms with Crippen LogP contribution in [0.2, 0.25) is 0 Å². The zero-order valence-electron chi connectivity index (χ0n) is 17.3. The number of para-hydroxylation sites is 1. The standard InChI is InChI=1S/C23H20FN3O3S2/c1-2-3-12-26-22(30)20(32-23(26)31)19-16-6-4-5-7-17(16)27(21(19)29)13-18(28)25-15-10-8-14(24)9-11-15/h4-11H,2-3,12-13H2,1H3,(H,25,28)/b20-19+. The van der Waals surface area contributed by atoms with E-state index in [0.717, 1.165) is 24.6 Å². The summed E-state index contributed by atoms with van der Waals surface area (Å²) in [5, 5.41) is 2.66. The number of carbonyl (C=O) groups excluding carboxylic acids is 3. The van der Waals surface area contributed by atoms with E-state index in [9.17, 15) is 18.8 Å². The second kappa shape index (κ2) is 9.22. The number of hydrogen-bond donors (Lipinski definition) is 1. The highest BCUT2D eigenvalue weighted by molar-refractivity contribution is 8.26. The number of thioether (sulfide) groups is 1. The summed E-state index contributed by atoms with van der Waals surface area (Å²) in [6.45, 7) is 2.30. The molecule has 0 bridgehead atoms. The Morgan fingerprint density at radius 1 is 1.06 bits per heavy atom. The lowest BCUT2D eigenvalue weighted by atomic mass is 10.1. The van der Waals surface area contributed by atoms with Crippen molar-refractivity contribution in [2.24, 2.45) is 0 Å². The van der Waals surface area contributed by atoms with Gasteiger partial charge in [-0.1, -0.05) is 55.5 Å². The zero-order chi connectivity index (χ0) is 22.8. The number of amides is 3. The molecule has 0 radical (unpaired) electrons. The molecule has 2 aliphatic rings. The minimum atomic E-state index is -0.434. The highest BCUT2D eigenvalue weighted by atomic mass is 32.2. The molecule has 164 valence electrons. The van der Waals surface area contributed by atoms with Crippen molar-refractivity contribution < 1.29 is 18.8 Å². The first-order valence-corrected chi connectivity index (χ1v) is 11.4. The van der Waals surface area contributed by atoms with Crippen molar-refractivity contribution in [2.75, 3.05) is 23.3 Å². The summed E-state index contributed by atoms with van der Waals surface area (Å²) in [5.74, 6) is -1.54. The van der Waals surface area contributed by atoms with Crippen LogP contribution < -0.4 is 10.2 Å². The van der Waals surface area contributed by atoms with E-state index in [0.29, 0.717) is 32.7 Å². The molecule has 0 saturated carbocycles. The van der Waals surface area contributed by atoms with E-state index in [1.807, 2.05) is 6.92 Å². The van der Waals surface area contributed by atoms with Crippen LogP contribution in [-0.2, 0) is 14.4 Å². The molecule has 1 fully saturated rings. The molecular formula is C23H20FN3O3S2. The maximum atomic E-state index is 13.4. The van der Waals surface area contributed by atoms with Crippen LogP contribution in [0.5, 0.6) is 0 Å². The molecule has 2 aromatic rings. The minimum Gasteiger partial charge on any atom is -0.325 e. The third kappa shape index (κ3) is 4.18. The third-order valence-electron chi connectivity index (χ3n) is 5.16. The van der Waals surface area contributed by atoms with Crippen molar-refractivity contribution in [2.45, 2.75) is 19.8 Å². The van der Waals surface area contributed by atoms with E-state index >= 15 is 0 Å². The Labute approximate surface area is 194 Å². The summed E-state index contributed by atoms with van der Waals surface area (Å²) in [4.78, 5) is 42.2. The minimum absolute atomic E-state index is 0.243. The molecule has 1 saturated heterocycles. The van der Waals surface area contributed by atoms with Crippen LogP contribution in [0.25, 0.3) is 5.57 Å². The van der Waals surface area contributed by atoms with Gasteiger partial charge < -0.3 is 5.32 Å². The summed E-state index contributed by atoms with van der Waals surface area (Å²) in [6.07, 6.45) is 1.73. The van der Waals surface area contributed by atoms with Crippen molar-refractivity contribution >= 4 is 63.0 Å². The van der Waals surface area contributed by atoms with Gasteiger partial charge in [0, 0.05) is 17.8 Å². The van der Waals surface area contributed by atoms with Gasteiger partial charge in [0.25, 0.3) is 11.8 Å².